The Morgan fingerprint density at radius 2 is 1.97 bits per heavy atom. The van der Waals surface area contributed by atoms with Gasteiger partial charge in [-0.25, -0.2) is 0 Å². The Morgan fingerprint density at radius 1 is 1.20 bits per heavy atom. The maximum atomic E-state index is 12.1. The van der Waals surface area contributed by atoms with Crippen molar-refractivity contribution in [3.63, 3.8) is 0 Å². The van der Waals surface area contributed by atoms with Gasteiger partial charge in [0.1, 0.15) is 10.8 Å². The van der Waals surface area contributed by atoms with Gasteiger partial charge in [-0.3, -0.25) is 9.69 Å². The molecule has 1 unspecified atom stereocenters. The molecule has 162 valence electrons. The average Bonchev–Trinajstić information content (AvgIpc) is 3.11. The zero-order chi connectivity index (χ0) is 21.1. The Morgan fingerprint density at radius 3 is 2.67 bits per heavy atom. The van der Waals surface area contributed by atoms with Crippen molar-refractivity contribution in [3.8, 4) is 5.75 Å². The molecule has 2 aromatic rings. The Kier molecular flexibility index (Phi) is 6.76. The summed E-state index contributed by atoms with van der Waals surface area (Å²) in [6, 6.07) is 8.61. The second-order valence-corrected chi connectivity index (χ2v) is 9.39. The number of rotatable bonds is 6. The number of nitrogens with one attached hydrogen (secondary N) is 1. The van der Waals surface area contributed by atoms with Gasteiger partial charge in [0.15, 0.2) is 0 Å². The molecule has 6 heteroatoms. The largest absolute Gasteiger partial charge is 0.497 e. The molecule has 30 heavy (non-hydrogen) atoms. The van der Waals surface area contributed by atoms with Crippen LogP contribution in [0.15, 0.2) is 24.3 Å². The van der Waals surface area contributed by atoms with E-state index in [-0.39, 0.29) is 11.9 Å². The summed E-state index contributed by atoms with van der Waals surface area (Å²) in [5.74, 6) is 0.893. The zero-order valence-electron chi connectivity index (χ0n) is 18.4. The highest BCUT2D eigenvalue weighted by Crippen LogP contribution is 2.46. The summed E-state index contributed by atoms with van der Waals surface area (Å²) in [5.41, 5.74) is 4.04. The SMILES string of the molecule is CCN1CCN(C(c2cccc(OC)c2)c2c(NC(C)=O)sc3c2CCCC3)CC1. The van der Waals surface area contributed by atoms with Crippen LogP contribution in [0, 0.1) is 0 Å². The van der Waals surface area contributed by atoms with E-state index < -0.39 is 0 Å². The first kappa shape index (κ1) is 21.3. The van der Waals surface area contributed by atoms with Crippen molar-refractivity contribution in [3.05, 3.63) is 45.8 Å². The lowest BCUT2D eigenvalue weighted by atomic mass is 9.88. The fourth-order valence-electron chi connectivity index (χ4n) is 4.84. The summed E-state index contributed by atoms with van der Waals surface area (Å²) in [6.07, 6.45) is 4.70. The quantitative estimate of drug-likeness (QED) is 0.746. The lowest BCUT2D eigenvalue weighted by molar-refractivity contribution is -0.114. The number of ether oxygens (including phenoxy) is 1. The van der Waals surface area contributed by atoms with Crippen LogP contribution in [0.1, 0.15) is 54.3 Å². The number of carbonyl (C=O) groups excluding carboxylic acids is 1. The number of anilines is 1. The number of fused-ring (bicyclic) bond motifs is 1. The summed E-state index contributed by atoms with van der Waals surface area (Å²) >= 11 is 1.79. The van der Waals surface area contributed by atoms with Gasteiger partial charge in [-0.05, 0) is 55.5 Å². The second-order valence-electron chi connectivity index (χ2n) is 8.28. The predicted octanol–water partition coefficient (Wildman–Crippen LogP) is 4.32. The first-order chi connectivity index (χ1) is 14.6. The van der Waals surface area contributed by atoms with E-state index in [1.54, 1.807) is 25.4 Å². The maximum absolute atomic E-state index is 12.1. The third kappa shape index (κ3) is 4.41. The first-order valence-corrected chi connectivity index (χ1v) is 11.9. The molecular formula is C24H33N3O2S. The van der Waals surface area contributed by atoms with Crippen molar-refractivity contribution >= 4 is 22.2 Å². The summed E-state index contributed by atoms with van der Waals surface area (Å²) in [4.78, 5) is 18.6. The number of thiophene rings is 1. The molecule has 4 rings (SSSR count). The summed E-state index contributed by atoms with van der Waals surface area (Å²) in [5, 5.41) is 4.22. The minimum Gasteiger partial charge on any atom is -0.497 e. The van der Waals surface area contributed by atoms with E-state index >= 15 is 0 Å². The van der Waals surface area contributed by atoms with Gasteiger partial charge in [0, 0.05) is 43.5 Å². The van der Waals surface area contributed by atoms with E-state index in [1.165, 1.54) is 34.4 Å². The molecule has 1 fully saturated rings. The second kappa shape index (κ2) is 9.50. The van der Waals surface area contributed by atoms with Crippen LogP contribution < -0.4 is 10.1 Å². The smallest absolute Gasteiger partial charge is 0.221 e. The molecule has 1 N–H and O–H groups in total. The van der Waals surface area contributed by atoms with Gasteiger partial charge < -0.3 is 15.0 Å². The molecule has 1 aromatic carbocycles. The van der Waals surface area contributed by atoms with E-state index in [4.69, 9.17) is 4.74 Å². The Balaban J connectivity index is 1.81. The standard InChI is InChI=1S/C24H33N3O2S/c1-4-26-12-14-27(15-13-26)23(18-8-7-9-19(16-18)29-3)22-20-10-5-6-11-21(20)30-24(22)25-17(2)28/h7-9,16,23H,4-6,10-15H2,1-3H3,(H,25,28). The molecule has 0 spiro atoms. The number of hydrogen-bond acceptors (Lipinski definition) is 5. The molecule has 2 aliphatic rings. The number of carbonyl (C=O) groups is 1. The molecular weight excluding hydrogens is 394 g/mol. The monoisotopic (exact) mass is 427 g/mol. The minimum absolute atomic E-state index is 0.00930. The number of hydrogen-bond donors (Lipinski definition) is 1. The van der Waals surface area contributed by atoms with Crippen LogP contribution in [0.3, 0.4) is 0 Å². The first-order valence-electron chi connectivity index (χ1n) is 11.1. The molecule has 1 saturated heterocycles. The highest BCUT2D eigenvalue weighted by Gasteiger charge is 2.33. The lowest BCUT2D eigenvalue weighted by Gasteiger charge is -2.40. The number of benzene rings is 1. The fourth-order valence-corrected chi connectivity index (χ4v) is 6.21. The Labute approximate surface area is 184 Å². The van der Waals surface area contributed by atoms with E-state index in [2.05, 4.69) is 40.2 Å². The molecule has 2 heterocycles. The number of likely N-dealkylation sites (N-methyl/N-ethyl adjacent to an activating group) is 1. The third-order valence-corrected chi connectivity index (χ3v) is 7.63. The number of methoxy groups -OCH3 is 1. The normalized spacial score (nSPS) is 18.6. The molecule has 1 amide bonds. The van der Waals surface area contributed by atoms with Crippen molar-refractivity contribution < 1.29 is 9.53 Å². The highest BCUT2D eigenvalue weighted by molar-refractivity contribution is 7.16. The highest BCUT2D eigenvalue weighted by atomic mass is 32.1. The molecule has 0 radical (unpaired) electrons. The number of aryl methyl sites for hydroxylation is 1. The van der Waals surface area contributed by atoms with Gasteiger partial charge in [-0.1, -0.05) is 19.1 Å². The van der Waals surface area contributed by atoms with Gasteiger partial charge in [0.2, 0.25) is 5.91 Å². The minimum atomic E-state index is 0.00930. The average molecular weight is 428 g/mol. The van der Waals surface area contributed by atoms with Crippen molar-refractivity contribution in [1.29, 1.82) is 0 Å². The van der Waals surface area contributed by atoms with Crippen molar-refractivity contribution in [2.75, 3.05) is 45.2 Å². The number of piperazine rings is 1. The Bertz CT molecular complexity index is 887. The van der Waals surface area contributed by atoms with Crippen LogP contribution >= 0.6 is 11.3 Å². The van der Waals surface area contributed by atoms with E-state index in [0.29, 0.717) is 0 Å². The van der Waals surface area contributed by atoms with E-state index in [9.17, 15) is 4.79 Å². The Hall–Kier alpha value is -1.89. The summed E-state index contributed by atoms with van der Waals surface area (Å²) in [7, 11) is 1.73. The zero-order valence-corrected chi connectivity index (χ0v) is 19.2. The van der Waals surface area contributed by atoms with Crippen LogP contribution in [0.2, 0.25) is 0 Å². The molecule has 1 aliphatic heterocycles. The van der Waals surface area contributed by atoms with Gasteiger partial charge in [-0.2, -0.15) is 0 Å². The fraction of sp³-hybridized carbons (Fsp3) is 0.542. The summed E-state index contributed by atoms with van der Waals surface area (Å²) < 4.78 is 5.56. The van der Waals surface area contributed by atoms with Crippen LogP contribution in [0.4, 0.5) is 5.00 Å². The van der Waals surface area contributed by atoms with Gasteiger partial charge in [-0.15, -0.1) is 11.3 Å². The van der Waals surface area contributed by atoms with Crippen molar-refractivity contribution in [2.24, 2.45) is 0 Å². The molecule has 1 aromatic heterocycles. The van der Waals surface area contributed by atoms with Gasteiger partial charge in [0.05, 0.1) is 13.2 Å². The molecule has 1 atom stereocenters. The molecule has 1 aliphatic carbocycles. The molecule has 0 bridgehead atoms. The lowest BCUT2D eigenvalue weighted by Crippen LogP contribution is -2.47. The predicted molar refractivity (Wildman–Crippen MR) is 124 cm³/mol. The van der Waals surface area contributed by atoms with E-state index in [0.717, 1.165) is 56.3 Å². The molecule has 0 saturated carbocycles. The van der Waals surface area contributed by atoms with Gasteiger partial charge >= 0.3 is 0 Å². The van der Waals surface area contributed by atoms with Crippen LogP contribution in [0.25, 0.3) is 0 Å². The maximum Gasteiger partial charge on any atom is 0.221 e. The topological polar surface area (TPSA) is 44.8 Å². The summed E-state index contributed by atoms with van der Waals surface area (Å²) in [6.45, 7) is 9.17. The third-order valence-electron chi connectivity index (χ3n) is 6.40. The van der Waals surface area contributed by atoms with Crippen LogP contribution in [-0.2, 0) is 17.6 Å². The molecule has 5 nitrogen and oxygen atoms in total. The van der Waals surface area contributed by atoms with Crippen LogP contribution in [0.5, 0.6) is 5.75 Å². The van der Waals surface area contributed by atoms with Gasteiger partial charge in [0.25, 0.3) is 0 Å². The van der Waals surface area contributed by atoms with Crippen molar-refractivity contribution in [1.82, 2.24) is 9.80 Å². The number of amides is 1. The number of nitrogens with zero attached hydrogens (tertiary/aromatic N) is 2. The van der Waals surface area contributed by atoms with Crippen molar-refractivity contribution in [2.45, 2.75) is 45.6 Å². The van der Waals surface area contributed by atoms with Crippen LogP contribution in [-0.4, -0.2) is 55.5 Å². The van der Waals surface area contributed by atoms with E-state index in [1.807, 2.05) is 6.07 Å².